The second-order valence-electron chi connectivity index (χ2n) is 7.48. The van der Waals surface area contributed by atoms with Crippen LogP contribution < -0.4 is 10.5 Å². The summed E-state index contributed by atoms with van der Waals surface area (Å²) in [6.07, 6.45) is 6.02. The van der Waals surface area contributed by atoms with E-state index >= 15 is 0 Å². The first-order valence-corrected chi connectivity index (χ1v) is 10.5. The molecular formula is C22H27N3OS. The highest BCUT2D eigenvalue weighted by molar-refractivity contribution is 7.20. The molecule has 5 heteroatoms. The molecule has 2 N–H and O–H groups in total. The van der Waals surface area contributed by atoms with E-state index in [0.29, 0.717) is 10.7 Å². The minimum absolute atomic E-state index is 0.408. The van der Waals surface area contributed by atoms with Gasteiger partial charge in [0.2, 0.25) is 0 Å². The van der Waals surface area contributed by atoms with Crippen LogP contribution in [-0.4, -0.2) is 35.6 Å². The first kappa shape index (κ1) is 18.4. The maximum Gasteiger partial charge on any atom is 0.279 e. The van der Waals surface area contributed by atoms with Gasteiger partial charge in [-0.3, -0.25) is 0 Å². The fraction of sp³-hybridized carbons (Fsp3) is 0.409. The van der Waals surface area contributed by atoms with E-state index in [2.05, 4.69) is 47.3 Å². The van der Waals surface area contributed by atoms with Crippen molar-refractivity contribution in [2.24, 2.45) is 5.73 Å². The van der Waals surface area contributed by atoms with Crippen molar-refractivity contribution in [2.75, 3.05) is 20.1 Å². The molecule has 0 amide bonds. The van der Waals surface area contributed by atoms with Gasteiger partial charge in [-0.2, -0.15) is 0 Å². The highest BCUT2D eigenvalue weighted by atomic mass is 32.1. The predicted molar refractivity (Wildman–Crippen MR) is 113 cm³/mol. The van der Waals surface area contributed by atoms with Gasteiger partial charge in [0, 0.05) is 5.54 Å². The molecule has 0 unspecified atom stereocenters. The molecule has 1 fully saturated rings. The summed E-state index contributed by atoms with van der Waals surface area (Å²) in [5.74, 6) is 0.846. The topological polar surface area (TPSA) is 51.4 Å². The van der Waals surface area contributed by atoms with Crippen molar-refractivity contribution in [2.45, 2.75) is 37.6 Å². The fourth-order valence-electron chi connectivity index (χ4n) is 3.63. The zero-order valence-electron chi connectivity index (χ0n) is 15.9. The Morgan fingerprint density at radius 1 is 1.15 bits per heavy atom. The van der Waals surface area contributed by atoms with Gasteiger partial charge in [-0.25, -0.2) is 4.98 Å². The average molecular weight is 382 g/mol. The van der Waals surface area contributed by atoms with Crippen LogP contribution in [0, 0.1) is 0 Å². The van der Waals surface area contributed by atoms with Crippen LogP contribution in [0.5, 0.6) is 10.9 Å². The largest absolute Gasteiger partial charge is 0.431 e. The minimum Gasteiger partial charge on any atom is -0.431 e. The van der Waals surface area contributed by atoms with E-state index in [-0.39, 0.29) is 0 Å². The molecule has 0 radical (unpaired) electrons. The third kappa shape index (κ3) is 4.32. The molecule has 1 aliphatic rings. The lowest BCUT2D eigenvalue weighted by molar-refractivity contribution is 0.208. The van der Waals surface area contributed by atoms with Gasteiger partial charge >= 0.3 is 0 Å². The van der Waals surface area contributed by atoms with Gasteiger partial charge in [0.1, 0.15) is 5.75 Å². The lowest BCUT2D eigenvalue weighted by Gasteiger charge is -2.28. The Bertz CT molecular complexity index is 853. The average Bonchev–Trinajstić information content (AvgIpc) is 3.38. The number of aryl methyl sites for hydroxylation is 1. The Morgan fingerprint density at radius 2 is 1.93 bits per heavy atom. The number of aromatic nitrogens is 1. The summed E-state index contributed by atoms with van der Waals surface area (Å²) >= 11 is 1.58. The van der Waals surface area contributed by atoms with Gasteiger partial charge in [-0.15, -0.1) is 0 Å². The van der Waals surface area contributed by atoms with E-state index in [1.54, 1.807) is 11.3 Å². The first-order chi connectivity index (χ1) is 13.2. The van der Waals surface area contributed by atoms with Crippen LogP contribution >= 0.6 is 11.3 Å². The lowest BCUT2D eigenvalue weighted by atomic mass is 10.0. The Labute approximate surface area is 165 Å². The van der Waals surface area contributed by atoms with E-state index in [9.17, 15) is 0 Å². The summed E-state index contributed by atoms with van der Waals surface area (Å²) in [6, 6.07) is 16.6. The molecule has 0 bridgehead atoms. The molecule has 0 atom stereocenters. The van der Waals surface area contributed by atoms with Crippen molar-refractivity contribution < 1.29 is 4.74 Å². The van der Waals surface area contributed by atoms with Crippen molar-refractivity contribution in [3.63, 3.8) is 0 Å². The van der Waals surface area contributed by atoms with Gasteiger partial charge in [0.05, 0.1) is 10.2 Å². The Hall–Kier alpha value is -1.95. The van der Waals surface area contributed by atoms with Crippen LogP contribution in [0.15, 0.2) is 48.5 Å². The molecule has 2 aromatic carbocycles. The van der Waals surface area contributed by atoms with Gasteiger partial charge < -0.3 is 15.4 Å². The van der Waals surface area contributed by atoms with Gasteiger partial charge in [0.15, 0.2) is 0 Å². The molecule has 1 heterocycles. The minimum atomic E-state index is 0.408. The molecule has 3 aromatic rings. The summed E-state index contributed by atoms with van der Waals surface area (Å²) < 4.78 is 7.10. The number of nitrogens with zero attached hydrogens (tertiary/aromatic N) is 2. The lowest BCUT2D eigenvalue weighted by Crippen LogP contribution is -2.35. The Balaban J connectivity index is 1.33. The predicted octanol–water partition coefficient (Wildman–Crippen LogP) is 4.83. The number of para-hydroxylation sites is 1. The summed E-state index contributed by atoms with van der Waals surface area (Å²) in [6.45, 7) is 1.88. The molecule has 1 saturated carbocycles. The molecule has 4 rings (SSSR count). The standard InChI is InChI=1S/C22H27N3OS/c1-25(16-4-15-23)22(13-14-22)12-11-17-7-9-18(10-8-17)26-21-24-19-5-2-3-6-20(19)27-21/h2-3,5-10H,4,11-16,23H2,1H3. The normalized spacial score (nSPS) is 15.4. The van der Waals surface area contributed by atoms with E-state index < -0.39 is 0 Å². The number of nitrogens with two attached hydrogens (primary N) is 1. The Kier molecular flexibility index (Phi) is 5.43. The van der Waals surface area contributed by atoms with Gasteiger partial charge in [-0.05, 0) is 82.1 Å². The van der Waals surface area contributed by atoms with Gasteiger partial charge in [-0.1, -0.05) is 35.6 Å². The zero-order chi connectivity index (χ0) is 18.7. The highest BCUT2D eigenvalue weighted by Gasteiger charge is 2.45. The van der Waals surface area contributed by atoms with E-state index in [4.69, 9.17) is 10.5 Å². The molecule has 0 spiro atoms. The van der Waals surface area contributed by atoms with Crippen molar-refractivity contribution in [3.8, 4) is 10.9 Å². The number of thiazole rings is 1. The fourth-order valence-corrected chi connectivity index (χ4v) is 4.46. The summed E-state index contributed by atoms with van der Waals surface area (Å²) in [7, 11) is 2.25. The number of rotatable bonds is 9. The number of hydrogen-bond acceptors (Lipinski definition) is 5. The molecule has 0 aliphatic heterocycles. The second-order valence-corrected chi connectivity index (χ2v) is 8.47. The van der Waals surface area contributed by atoms with Crippen LogP contribution in [0.2, 0.25) is 0 Å². The zero-order valence-corrected chi connectivity index (χ0v) is 16.7. The number of hydrogen-bond donors (Lipinski definition) is 1. The van der Waals surface area contributed by atoms with Crippen LogP contribution in [-0.2, 0) is 6.42 Å². The van der Waals surface area contributed by atoms with Gasteiger partial charge in [0.25, 0.3) is 5.19 Å². The molecule has 27 heavy (non-hydrogen) atoms. The molecule has 142 valence electrons. The van der Waals surface area contributed by atoms with Crippen LogP contribution in [0.25, 0.3) is 10.2 Å². The molecule has 4 nitrogen and oxygen atoms in total. The maximum absolute atomic E-state index is 5.95. The summed E-state index contributed by atoms with van der Waals surface area (Å²) in [4.78, 5) is 7.05. The summed E-state index contributed by atoms with van der Waals surface area (Å²) in [5, 5.41) is 0.697. The Morgan fingerprint density at radius 3 is 2.63 bits per heavy atom. The molecule has 1 aromatic heterocycles. The van der Waals surface area contributed by atoms with E-state index in [1.165, 1.54) is 24.8 Å². The van der Waals surface area contributed by atoms with E-state index in [1.807, 2.05) is 18.2 Å². The third-order valence-electron chi connectivity index (χ3n) is 5.62. The van der Waals surface area contributed by atoms with Crippen LogP contribution in [0.3, 0.4) is 0 Å². The quantitative estimate of drug-likeness (QED) is 0.576. The van der Waals surface area contributed by atoms with Crippen LogP contribution in [0.4, 0.5) is 0 Å². The highest BCUT2D eigenvalue weighted by Crippen LogP contribution is 2.44. The molecule has 1 aliphatic carbocycles. The second kappa shape index (κ2) is 7.97. The monoisotopic (exact) mass is 381 g/mol. The van der Waals surface area contributed by atoms with Crippen molar-refractivity contribution in [1.29, 1.82) is 0 Å². The van der Waals surface area contributed by atoms with E-state index in [0.717, 1.165) is 41.9 Å². The maximum atomic E-state index is 5.95. The summed E-state index contributed by atoms with van der Waals surface area (Å²) in [5.41, 5.74) is 8.42. The third-order valence-corrected chi connectivity index (χ3v) is 6.53. The molecular weight excluding hydrogens is 354 g/mol. The number of ether oxygens (including phenoxy) is 1. The number of benzene rings is 2. The van der Waals surface area contributed by atoms with Crippen molar-refractivity contribution >= 4 is 21.6 Å². The van der Waals surface area contributed by atoms with Crippen molar-refractivity contribution in [3.05, 3.63) is 54.1 Å². The first-order valence-electron chi connectivity index (χ1n) is 9.72. The van der Waals surface area contributed by atoms with Crippen LogP contribution in [0.1, 0.15) is 31.2 Å². The smallest absolute Gasteiger partial charge is 0.279 e. The SMILES string of the molecule is CN(CCCN)C1(CCc2ccc(Oc3nc4ccccc4s3)cc2)CC1. The molecule has 0 saturated heterocycles. The van der Waals surface area contributed by atoms with Crippen molar-refractivity contribution in [1.82, 2.24) is 9.88 Å². The number of fused-ring (bicyclic) bond motifs is 1.